The highest BCUT2D eigenvalue weighted by atomic mass is 16.6. The second-order valence-corrected chi connectivity index (χ2v) is 5.52. The van der Waals surface area contributed by atoms with Gasteiger partial charge in [0.25, 0.3) is 0 Å². The molecular formula is C15H28O5. The van der Waals surface area contributed by atoms with E-state index < -0.39 is 0 Å². The van der Waals surface area contributed by atoms with E-state index in [4.69, 9.17) is 18.9 Å². The third-order valence-electron chi connectivity index (χ3n) is 3.56. The maximum atomic E-state index is 11.1. The standard InChI is InChI=1S/C15H28O5/c1-4-6-7-17-8-14(20-13(3)16)9-18-10-15(5-2)11-19-12-15/h14H,4-12H2,1-3H3. The first-order valence-corrected chi connectivity index (χ1v) is 7.52. The lowest BCUT2D eigenvalue weighted by Crippen LogP contribution is -2.46. The van der Waals surface area contributed by atoms with Crippen LogP contribution in [0.25, 0.3) is 0 Å². The summed E-state index contributed by atoms with van der Waals surface area (Å²) in [4.78, 5) is 11.1. The highest BCUT2D eigenvalue weighted by Crippen LogP contribution is 2.31. The summed E-state index contributed by atoms with van der Waals surface area (Å²) in [6.45, 7) is 9.31. The Kier molecular flexibility index (Phi) is 8.11. The first-order chi connectivity index (χ1) is 9.62. The molecule has 1 aliphatic heterocycles. The van der Waals surface area contributed by atoms with Crippen molar-refractivity contribution in [3.05, 3.63) is 0 Å². The van der Waals surface area contributed by atoms with E-state index in [9.17, 15) is 4.79 Å². The Hall–Kier alpha value is -0.650. The van der Waals surface area contributed by atoms with Crippen LogP contribution >= 0.6 is 0 Å². The molecule has 0 aromatic heterocycles. The van der Waals surface area contributed by atoms with Gasteiger partial charge in [-0.2, -0.15) is 0 Å². The average Bonchev–Trinajstić information content (AvgIpc) is 2.37. The number of hydrogen-bond acceptors (Lipinski definition) is 5. The predicted molar refractivity (Wildman–Crippen MR) is 75.6 cm³/mol. The summed E-state index contributed by atoms with van der Waals surface area (Å²) in [6, 6.07) is 0. The van der Waals surface area contributed by atoms with Crippen LogP contribution in [-0.2, 0) is 23.7 Å². The van der Waals surface area contributed by atoms with Crippen LogP contribution in [0.5, 0.6) is 0 Å². The third-order valence-corrected chi connectivity index (χ3v) is 3.56. The van der Waals surface area contributed by atoms with Crippen LogP contribution in [0.1, 0.15) is 40.0 Å². The van der Waals surface area contributed by atoms with Gasteiger partial charge in [0, 0.05) is 18.9 Å². The molecule has 0 saturated carbocycles. The molecule has 118 valence electrons. The fourth-order valence-corrected chi connectivity index (χ4v) is 2.00. The Morgan fingerprint density at radius 3 is 2.45 bits per heavy atom. The highest BCUT2D eigenvalue weighted by molar-refractivity contribution is 5.66. The molecular weight excluding hydrogens is 260 g/mol. The predicted octanol–water partition coefficient (Wildman–Crippen LogP) is 2.18. The molecule has 1 atom stereocenters. The van der Waals surface area contributed by atoms with E-state index in [-0.39, 0.29) is 17.5 Å². The maximum absolute atomic E-state index is 11.1. The van der Waals surface area contributed by atoms with Crippen molar-refractivity contribution in [2.24, 2.45) is 5.41 Å². The Labute approximate surface area is 121 Å². The zero-order valence-electron chi connectivity index (χ0n) is 13.0. The van der Waals surface area contributed by atoms with Gasteiger partial charge in [-0.25, -0.2) is 0 Å². The molecule has 1 heterocycles. The summed E-state index contributed by atoms with van der Waals surface area (Å²) in [6.07, 6.45) is 2.83. The van der Waals surface area contributed by atoms with Crippen molar-refractivity contribution < 1.29 is 23.7 Å². The van der Waals surface area contributed by atoms with Crippen LogP contribution < -0.4 is 0 Å². The molecule has 0 aromatic carbocycles. The number of unbranched alkanes of at least 4 members (excludes halogenated alkanes) is 1. The number of esters is 1. The summed E-state index contributed by atoms with van der Waals surface area (Å²) in [5.74, 6) is -0.296. The highest BCUT2D eigenvalue weighted by Gasteiger charge is 2.37. The Bertz CT molecular complexity index is 270. The Balaban J connectivity index is 2.23. The van der Waals surface area contributed by atoms with Crippen molar-refractivity contribution in [2.75, 3.05) is 39.6 Å². The molecule has 5 heteroatoms. The van der Waals surface area contributed by atoms with Crippen LogP contribution in [0, 0.1) is 5.41 Å². The lowest BCUT2D eigenvalue weighted by atomic mass is 9.84. The van der Waals surface area contributed by atoms with Crippen LogP contribution in [0.2, 0.25) is 0 Å². The maximum Gasteiger partial charge on any atom is 0.303 e. The van der Waals surface area contributed by atoms with Gasteiger partial charge in [0.1, 0.15) is 6.10 Å². The van der Waals surface area contributed by atoms with Gasteiger partial charge in [0.2, 0.25) is 0 Å². The van der Waals surface area contributed by atoms with Crippen molar-refractivity contribution in [1.82, 2.24) is 0 Å². The molecule has 1 unspecified atom stereocenters. The third kappa shape index (κ3) is 6.20. The van der Waals surface area contributed by atoms with E-state index in [1.54, 1.807) is 0 Å². The van der Waals surface area contributed by atoms with E-state index in [2.05, 4.69) is 13.8 Å². The van der Waals surface area contributed by atoms with Gasteiger partial charge >= 0.3 is 5.97 Å². The quantitative estimate of drug-likeness (QED) is 0.431. The molecule has 5 nitrogen and oxygen atoms in total. The largest absolute Gasteiger partial charge is 0.458 e. The molecule has 0 aliphatic carbocycles. The molecule has 0 N–H and O–H groups in total. The summed E-state index contributed by atoms with van der Waals surface area (Å²) >= 11 is 0. The van der Waals surface area contributed by atoms with Gasteiger partial charge < -0.3 is 18.9 Å². The number of ether oxygens (including phenoxy) is 4. The molecule has 20 heavy (non-hydrogen) atoms. The van der Waals surface area contributed by atoms with Gasteiger partial charge in [-0.15, -0.1) is 0 Å². The van der Waals surface area contributed by atoms with Crippen LogP contribution in [0.15, 0.2) is 0 Å². The topological polar surface area (TPSA) is 54.0 Å². The van der Waals surface area contributed by atoms with Crippen LogP contribution in [-0.4, -0.2) is 51.7 Å². The summed E-state index contributed by atoms with van der Waals surface area (Å²) < 4.78 is 21.7. The molecule has 0 bridgehead atoms. The monoisotopic (exact) mass is 288 g/mol. The summed E-state index contributed by atoms with van der Waals surface area (Å²) in [5.41, 5.74) is 0.157. The van der Waals surface area contributed by atoms with Crippen LogP contribution in [0.3, 0.4) is 0 Å². The lowest BCUT2D eigenvalue weighted by molar-refractivity contribution is -0.168. The minimum atomic E-state index is -0.320. The normalized spacial score (nSPS) is 18.4. The van der Waals surface area contributed by atoms with Gasteiger partial charge in [0.15, 0.2) is 0 Å². The number of carbonyl (C=O) groups is 1. The van der Waals surface area contributed by atoms with E-state index in [0.717, 1.165) is 32.5 Å². The minimum absolute atomic E-state index is 0.157. The van der Waals surface area contributed by atoms with Gasteiger partial charge in [-0.3, -0.25) is 4.79 Å². The SMILES string of the molecule is CCCCOCC(COCC1(CC)COC1)OC(C)=O. The van der Waals surface area contributed by atoms with E-state index >= 15 is 0 Å². The fraction of sp³-hybridized carbons (Fsp3) is 0.933. The second-order valence-electron chi connectivity index (χ2n) is 5.52. The smallest absolute Gasteiger partial charge is 0.303 e. The molecule has 0 spiro atoms. The summed E-state index contributed by atoms with van der Waals surface area (Å²) in [5, 5.41) is 0. The zero-order chi connectivity index (χ0) is 14.8. The van der Waals surface area contributed by atoms with Crippen molar-refractivity contribution in [1.29, 1.82) is 0 Å². The molecule has 0 aromatic rings. The molecule has 0 amide bonds. The zero-order valence-corrected chi connectivity index (χ0v) is 13.0. The van der Waals surface area contributed by atoms with E-state index in [1.165, 1.54) is 6.92 Å². The molecule has 1 rings (SSSR count). The molecule has 1 fully saturated rings. The van der Waals surface area contributed by atoms with Crippen molar-refractivity contribution in [2.45, 2.75) is 46.1 Å². The number of rotatable bonds is 11. The van der Waals surface area contributed by atoms with Crippen LogP contribution in [0.4, 0.5) is 0 Å². The number of carbonyl (C=O) groups excluding carboxylic acids is 1. The van der Waals surface area contributed by atoms with Gasteiger partial charge in [-0.1, -0.05) is 20.3 Å². The second kappa shape index (κ2) is 9.32. The van der Waals surface area contributed by atoms with E-state index in [1.807, 2.05) is 0 Å². The summed E-state index contributed by atoms with van der Waals surface area (Å²) in [7, 11) is 0. The molecule has 1 aliphatic rings. The lowest BCUT2D eigenvalue weighted by Gasteiger charge is -2.40. The average molecular weight is 288 g/mol. The first kappa shape index (κ1) is 17.4. The van der Waals surface area contributed by atoms with Crippen molar-refractivity contribution in [3.8, 4) is 0 Å². The Morgan fingerprint density at radius 2 is 1.95 bits per heavy atom. The molecule has 1 saturated heterocycles. The van der Waals surface area contributed by atoms with Gasteiger partial charge in [0.05, 0.1) is 33.0 Å². The Morgan fingerprint density at radius 1 is 1.25 bits per heavy atom. The van der Waals surface area contributed by atoms with Crippen molar-refractivity contribution in [3.63, 3.8) is 0 Å². The number of hydrogen-bond donors (Lipinski definition) is 0. The minimum Gasteiger partial charge on any atom is -0.458 e. The fourth-order valence-electron chi connectivity index (χ4n) is 2.00. The van der Waals surface area contributed by atoms with Crippen molar-refractivity contribution >= 4 is 5.97 Å². The molecule has 0 radical (unpaired) electrons. The van der Waals surface area contributed by atoms with Gasteiger partial charge in [-0.05, 0) is 12.8 Å². The van der Waals surface area contributed by atoms with E-state index in [0.29, 0.717) is 26.4 Å². The first-order valence-electron chi connectivity index (χ1n) is 7.52.